The average Bonchev–Trinajstić information content (AvgIpc) is 0. The van der Waals surface area contributed by atoms with Crippen LogP contribution in [-0.4, -0.2) is 34.7 Å². The van der Waals surface area contributed by atoms with E-state index in [1.165, 1.54) is 0 Å². The Morgan fingerprint density at radius 3 is 0.400 bits per heavy atom. The molecule has 0 N–H and O–H groups in total. The maximum Gasteiger partial charge on any atom is 2.00 e. The molecule has 0 aromatic carbocycles. The first kappa shape index (κ1) is 43.0. The van der Waals surface area contributed by atoms with Crippen LogP contribution >= 0.6 is 0 Å². The van der Waals surface area contributed by atoms with Crippen LogP contribution in [0.2, 0.25) is 0 Å². The van der Waals surface area contributed by atoms with E-state index in [1.54, 1.807) is 0 Å². The minimum absolute atomic E-state index is 0. The molecule has 0 nitrogen and oxygen atoms in total. The van der Waals surface area contributed by atoms with Gasteiger partial charge in [0.05, 0.1) is 0 Å². The van der Waals surface area contributed by atoms with E-state index in [1.807, 2.05) is 0 Å². The minimum atomic E-state index is 0. The Kier molecular flexibility index (Phi) is 238. The van der Waals surface area contributed by atoms with Gasteiger partial charge in [0.1, 0.15) is 0 Å². The third-order valence-electron chi connectivity index (χ3n) is 0. The molecule has 0 aliphatic rings. The van der Waals surface area contributed by atoms with Gasteiger partial charge in [0.2, 0.25) is 0 Å². The van der Waals surface area contributed by atoms with Gasteiger partial charge in [-0.2, -0.15) is 0 Å². The zero-order valence-corrected chi connectivity index (χ0v) is 9.08. The first-order chi connectivity index (χ1) is 0. The summed E-state index contributed by atoms with van der Waals surface area (Å²) in [5.41, 5.74) is 0. The van der Waals surface area contributed by atoms with E-state index in [0.717, 1.165) is 0 Å². The molecule has 5 heteroatoms. The zero-order valence-electron chi connectivity index (χ0n) is 2.10. The molecule has 0 rings (SSSR count). The van der Waals surface area contributed by atoms with Crippen molar-refractivity contribution >= 4 is 34.7 Å². The summed E-state index contributed by atoms with van der Waals surface area (Å²) < 4.78 is 0. The molecule has 0 spiro atoms. The van der Waals surface area contributed by atoms with Crippen LogP contribution in [0.4, 0.5) is 0 Å². The van der Waals surface area contributed by atoms with Crippen LogP contribution in [0, 0.1) is 0 Å². The zero-order chi connectivity index (χ0) is 0. The summed E-state index contributed by atoms with van der Waals surface area (Å²) in [6.07, 6.45) is 0. The van der Waals surface area contributed by atoms with Gasteiger partial charge in [0.25, 0.3) is 0 Å². The van der Waals surface area contributed by atoms with Crippen molar-refractivity contribution in [2.75, 3.05) is 0 Å². The van der Waals surface area contributed by atoms with E-state index >= 15 is 0 Å². The number of hydrogen-bond acceptors (Lipinski definition) is 0. The molecule has 36 valence electrons. The second-order valence-electron chi connectivity index (χ2n) is 0. The van der Waals surface area contributed by atoms with Gasteiger partial charge >= 0.3 is 61.3 Å². The molecule has 0 saturated heterocycles. The molecular weight excluding hydrogens is 373 g/mol. The molecule has 0 fully saturated rings. The summed E-state index contributed by atoms with van der Waals surface area (Å²) in [6, 6.07) is 0. The Morgan fingerprint density at radius 1 is 0.400 bits per heavy atom. The summed E-state index contributed by atoms with van der Waals surface area (Å²) in [5.74, 6) is 0. The molecule has 0 amide bonds. The van der Waals surface area contributed by atoms with Gasteiger partial charge in [-0.05, 0) is 0 Å². The smallest absolute Gasteiger partial charge is 2.00 e. The monoisotopic (exact) mass is 372 g/mol. The molecule has 4 radical (unpaired) electrons. The van der Waals surface area contributed by atoms with Crippen molar-refractivity contribution in [2.45, 2.75) is 0 Å². The molecule has 0 aliphatic heterocycles. The van der Waals surface area contributed by atoms with Crippen molar-refractivity contribution in [3.8, 4) is 0 Å². The van der Waals surface area contributed by atoms with Gasteiger partial charge < -0.3 is 34.7 Å². The van der Waals surface area contributed by atoms with Crippen molar-refractivity contribution in [3.63, 3.8) is 0 Å². The summed E-state index contributed by atoms with van der Waals surface area (Å²) in [5, 5.41) is 0. The van der Waals surface area contributed by atoms with E-state index in [0.29, 0.717) is 0 Å². The molecular formula is Al2Pd3. The van der Waals surface area contributed by atoms with Crippen LogP contribution in [-0.2, 0) is 61.3 Å². The van der Waals surface area contributed by atoms with Crippen molar-refractivity contribution in [2.24, 2.45) is 0 Å². The number of rotatable bonds is 0. The maximum atomic E-state index is 0. The van der Waals surface area contributed by atoms with Gasteiger partial charge in [-0.15, -0.1) is 0 Å². The molecule has 0 aliphatic carbocycles. The quantitative estimate of drug-likeness (QED) is 0.490. The Bertz CT molecular complexity index is 4.85. The van der Waals surface area contributed by atoms with Gasteiger partial charge in [-0.25, -0.2) is 0 Å². The Hall–Kier alpha value is 3.05. The average molecular weight is 373 g/mol. The summed E-state index contributed by atoms with van der Waals surface area (Å²) in [6.45, 7) is 0. The first-order valence-corrected chi connectivity index (χ1v) is 0. The summed E-state index contributed by atoms with van der Waals surface area (Å²) in [7, 11) is 0. The molecule has 0 bridgehead atoms. The maximum absolute atomic E-state index is 0. The fourth-order valence-corrected chi connectivity index (χ4v) is 0. The van der Waals surface area contributed by atoms with E-state index in [4.69, 9.17) is 0 Å². The van der Waals surface area contributed by atoms with E-state index < -0.39 is 0 Å². The minimum Gasteiger partial charge on any atom is -3.00 e. The third-order valence-corrected chi connectivity index (χ3v) is 0. The van der Waals surface area contributed by atoms with E-state index in [-0.39, 0.29) is 96.0 Å². The molecule has 0 unspecified atom stereocenters. The molecule has 0 aromatic rings. The Labute approximate surface area is 94.5 Å². The van der Waals surface area contributed by atoms with E-state index in [9.17, 15) is 0 Å². The SMILES string of the molecule is [Al-3].[Al-3].[Pd+2].[Pd+2].[Pd+2]. The van der Waals surface area contributed by atoms with Crippen molar-refractivity contribution in [3.05, 3.63) is 0 Å². The fraction of sp³-hybridized carbons (Fsp3) is 0. The van der Waals surface area contributed by atoms with Crippen molar-refractivity contribution < 1.29 is 61.3 Å². The van der Waals surface area contributed by atoms with Gasteiger partial charge in [0.15, 0.2) is 0 Å². The first-order valence-electron chi connectivity index (χ1n) is 0. The van der Waals surface area contributed by atoms with Gasteiger partial charge in [-0.3, -0.25) is 0 Å². The topological polar surface area (TPSA) is 0 Å². The van der Waals surface area contributed by atoms with Crippen LogP contribution in [0.15, 0.2) is 0 Å². The molecule has 0 saturated carbocycles. The standard InChI is InChI=1S/2Al.3Pd/q2*-3;3*+2. The normalized spacial score (nSPS) is 0. The molecule has 5 heavy (non-hydrogen) atoms. The van der Waals surface area contributed by atoms with Crippen LogP contribution in [0.5, 0.6) is 0 Å². The predicted octanol–water partition coefficient (Wildman–Crippen LogP) is -0.769. The van der Waals surface area contributed by atoms with Crippen LogP contribution in [0.25, 0.3) is 0 Å². The summed E-state index contributed by atoms with van der Waals surface area (Å²) >= 11 is 0. The van der Waals surface area contributed by atoms with Crippen LogP contribution < -0.4 is 0 Å². The largest absolute Gasteiger partial charge is 3.00 e. The van der Waals surface area contributed by atoms with Crippen molar-refractivity contribution in [1.29, 1.82) is 0 Å². The third kappa shape index (κ3) is 19.3. The van der Waals surface area contributed by atoms with Gasteiger partial charge in [-0.1, -0.05) is 0 Å². The Balaban J connectivity index is 0. The molecule has 0 aromatic heterocycles. The Morgan fingerprint density at radius 2 is 0.400 bits per heavy atom. The van der Waals surface area contributed by atoms with Crippen LogP contribution in [0.1, 0.15) is 0 Å². The molecule has 0 atom stereocenters. The number of hydrogen-bond donors (Lipinski definition) is 0. The van der Waals surface area contributed by atoms with Crippen molar-refractivity contribution in [1.82, 2.24) is 0 Å². The van der Waals surface area contributed by atoms with Gasteiger partial charge in [0, 0.05) is 0 Å². The second-order valence-corrected chi connectivity index (χ2v) is 0. The fourth-order valence-electron chi connectivity index (χ4n) is 0. The summed E-state index contributed by atoms with van der Waals surface area (Å²) in [4.78, 5) is 0. The molecule has 0 heterocycles. The second kappa shape index (κ2) is 27.7. The van der Waals surface area contributed by atoms with Crippen LogP contribution in [0.3, 0.4) is 0 Å². The predicted molar refractivity (Wildman–Crippen MR) is 11.5 cm³/mol. The van der Waals surface area contributed by atoms with E-state index in [2.05, 4.69) is 0 Å².